The van der Waals surface area contributed by atoms with Gasteiger partial charge in [-0.2, -0.15) is 0 Å². The molecule has 0 radical (unpaired) electrons. The lowest BCUT2D eigenvalue weighted by molar-refractivity contribution is 0.594. The third kappa shape index (κ3) is 4.22. The molecule has 0 aliphatic heterocycles. The summed E-state index contributed by atoms with van der Waals surface area (Å²) in [6.45, 7) is 0. The second-order valence-electron chi connectivity index (χ2n) is 3.36. The van der Waals surface area contributed by atoms with Crippen LogP contribution in [0.5, 0.6) is 0 Å². The van der Waals surface area contributed by atoms with Crippen LogP contribution >= 0.6 is 31.9 Å². The number of hydrogen-bond acceptors (Lipinski definition) is 3. The number of sulfone groups is 1. The fraction of sp³-hybridized carbons (Fsp3) is 0.333. The molecule has 0 aliphatic carbocycles. The fourth-order valence-corrected chi connectivity index (χ4v) is 2.97. The van der Waals surface area contributed by atoms with E-state index in [2.05, 4.69) is 31.9 Å². The minimum Gasteiger partial charge on any atom is -0.323 e. The predicted molar refractivity (Wildman–Crippen MR) is 68.5 cm³/mol. The van der Waals surface area contributed by atoms with Crippen molar-refractivity contribution in [1.29, 1.82) is 0 Å². The molecular weight excluding hydrogens is 346 g/mol. The first kappa shape index (κ1) is 13.2. The molecule has 0 fully saturated rings. The molecule has 0 heterocycles. The van der Waals surface area contributed by atoms with Gasteiger partial charge in [0, 0.05) is 21.2 Å². The summed E-state index contributed by atoms with van der Waals surface area (Å²) in [5.41, 5.74) is 6.61. The van der Waals surface area contributed by atoms with E-state index >= 15 is 0 Å². The molecule has 0 amide bonds. The molecule has 6 heteroatoms. The minimum absolute atomic E-state index is 0.0535. The molecule has 1 aromatic rings. The van der Waals surface area contributed by atoms with Gasteiger partial charge in [-0.25, -0.2) is 8.42 Å². The third-order valence-corrected chi connectivity index (χ3v) is 4.02. The van der Waals surface area contributed by atoms with Crippen molar-refractivity contribution >= 4 is 41.7 Å². The van der Waals surface area contributed by atoms with E-state index in [-0.39, 0.29) is 5.75 Å². The largest absolute Gasteiger partial charge is 0.323 e. The molecule has 3 nitrogen and oxygen atoms in total. The van der Waals surface area contributed by atoms with Crippen molar-refractivity contribution < 1.29 is 8.42 Å². The zero-order valence-corrected chi connectivity index (χ0v) is 12.1. The van der Waals surface area contributed by atoms with E-state index in [1.54, 1.807) is 0 Å². The van der Waals surface area contributed by atoms with Crippen LogP contribution in [0, 0.1) is 0 Å². The molecule has 0 bridgehead atoms. The smallest absolute Gasteiger partial charge is 0.149 e. The van der Waals surface area contributed by atoms with Gasteiger partial charge in [0.1, 0.15) is 9.84 Å². The van der Waals surface area contributed by atoms with E-state index in [4.69, 9.17) is 5.73 Å². The van der Waals surface area contributed by atoms with Crippen molar-refractivity contribution in [3.63, 3.8) is 0 Å². The fourth-order valence-electron chi connectivity index (χ4n) is 1.21. The molecule has 0 aromatic heterocycles. The second-order valence-corrected chi connectivity index (χ2v) is 7.32. The van der Waals surface area contributed by atoms with Crippen molar-refractivity contribution in [3.05, 3.63) is 32.7 Å². The molecular formula is C9H11Br2NO2S. The minimum atomic E-state index is -3.06. The Hall–Kier alpha value is 0.0900. The monoisotopic (exact) mass is 355 g/mol. The third-order valence-electron chi connectivity index (χ3n) is 1.84. The van der Waals surface area contributed by atoms with Gasteiger partial charge >= 0.3 is 0 Å². The van der Waals surface area contributed by atoms with Crippen LogP contribution in [0.1, 0.15) is 11.6 Å². The van der Waals surface area contributed by atoms with Crippen molar-refractivity contribution in [2.24, 2.45) is 5.73 Å². The number of nitrogens with two attached hydrogens (primary N) is 1. The number of benzene rings is 1. The Morgan fingerprint density at radius 2 is 2.00 bits per heavy atom. The van der Waals surface area contributed by atoms with Gasteiger partial charge in [0.15, 0.2) is 0 Å². The van der Waals surface area contributed by atoms with Gasteiger partial charge in [-0.1, -0.05) is 31.9 Å². The highest BCUT2D eigenvalue weighted by molar-refractivity contribution is 9.11. The summed E-state index contributed by atoms with van der Waals surface area (Å²) in [6.07, 6.45) is 1.18. The van der Waals surface area contributed by atoms with Crippen LogP contribution in [-0.2, 0) is 9.84 Å². The van der Waals surface area contributed by atoms with E-state index in [0.29, 0.717) is 0 Å². The van der Waals surface area contributed by atoms with Gasteiger partial charge in [-0.15, -0.1) is 0 Å². The normalized spacial score (nSPS) is 13.9. The summed E-state index contributed by atoms with van der Waals surface area (Å²) in [4.78, 5) is 0. The van der Waals surface area contributed by atoms with Crippen LogP contribution in [-0.4, -0.2) is 20.4 Å². The molecule has 1 aromatic carbocycles. The molecule has 1 unspecified atom stereocenters. The number of rotatable bonds is 3. The molecule has 1 atom stereocenters. The Balaban J connectivity index is 3.00. The first-order valence-electron chi connectivity index (χ1n) is 4.18. The molecule has 0 saturated carbocycles. The van der Waals surface area contributed by atoms with Crippen LogP contribution in [0.25, 0.3) is 0 Å². The van der Waals surface area contributed by atoms with E-state index in [9.17, 15) is 8.42 Å². The van der Waals surface area contributed by atoms with Crippen LogP contribution in [0.2, 0.25) is 0 Å². The molecule has 0 saturated heterocycles. The van der Waals surface area contributed by atoms with Crippen LogP contribution < -0.4 is 5.73 Å². The van der Waals surface area contributed by atoms with Crippen LogP contribution in [0.15, 0.2) is 27.1 Å². The Morgan fingerprint density at radius 1 is 1.40 bits per heavy atom. The van der Waals surface area contributed by atoms with Gasteiger partial charge in [0.25, 0.3) is 0 Å². The lowest BCUT2D eigenvalue weighted by Gasteiger charge is -2.13. The first-order chi connectivity index (χ1) is 6.79. The average Bonchev–Trinajstić information content (AvgIpc) is 2.06. The highest BCUT2D eigenvalue weighted by atomic mass is 79.9. The average molecular weight is 357 g/mol. The first-order valence-corrected chi connectivity index (χ1v) is 7.82. The number of halogens is 2. The maximum atomic E-state index is 11.1. The van der Waals surface area contributed by atoms with Gasteiger partial charge in [0.2, 0.25) is 0 Å². The van der Waals surface area contributed by atoms with Gasteiger partial charge < -0.3 is 5.73 Å². The molecule has 2 N–H and O–H groups in total. The molecule has 0 spiro atoms. The van der Waals surface area contributed by atoms with Gasteiger partial charge in [-0.3, -0.25) is 0 Å². The highest BCUT2D eigenvalue weighted by Gasteiger charge is 2.15. The van der Waals surface area contributed by atoms with Crippen LogP contribution in [0.4, 0.5) is 0 Å². The van der Waals surface area contributed by atoms with E-state index < -0.39 is 15.9 Å². The van der Waals surface area contributed by atoms with Crippen LogP contribution in [0.3, 0.4) is 0 Å². The van der Waals surface area contributed by atoms with Crippen molar-refractivity contribution in [2.75, 3.05) is 12.0 Å². The quantitative estimate of drug-likeness (QED) is 0.903. The summed E-state index contributed by atoms with van der Waals surface area (Å²) in [7, 11) is -3.06. The predicted octanol–water partition coefficient (Wildman–Crippen LogP) is 2.26. The van der Waals surface area contributed by atoms with E-state index in [0.717, 1.165) is 14.5 Å². The lowest BCUT2D eigenvalue weighted by atomic mass is 10.1. The van der Waals surface area contributed by atoms with Gasteiger partial charge in [-0.05, 0) is 23.8 Å². The lowest BCUT2D eigenvalue weighted by Crippen LogP contribution is -2.21. The summed E-state index contributed by atoms with van der Waals surface area (Å²) < 4.78 is 23.9. The molecule has 1 rings (SSSR count). The van der Waals surface area contributed by atoms with Crippen molar-refractivity contribution in [1.82, 2.24) is 0 Å². The standard InChI is InChI=1S/C9H11Br2NO2S/c1-15(13,14)5-9(12)7-4-6(10)2-3-8(7)11/h2-4,9H,5,12H2,1H3. The summed E-state index contributed by atoms with van der Waals surface area (Å²) in [6, 6.07) is 5.01. The summed E-state index contributed by atoms with van der Waals surface area (Å²) >= 11 is 6.66. The maximum absolute atomic E-state index is 11.1. The molecule has 0 aliphatic rings. The summed E-state index contributed by atoms with van der Waals surface area (Å²) in [5.74, 6) is -0.0535. The molecule has 15 heavy (non-hydrogen) atoms. The zero-order chi connectivity index (χ0) is 11.6. The second kappa shape index (κ2) is 4.95. The van der Waals surface area contributed by atoms with Crippen molar-refractivity contribution in [2.45, 2.75) is 6.04 Å². The Bertz CT molecular complexity index is 459. The Labute approximate surface area is 106 Å². The van der Waals surface area contributed by atoms with Crippen molar-refractivity contribution in [3.8, 4) is 0 Å². The Kier molecular flexibility index (Phi) is 4.34. The van der Waals surface area contributed by atoms with Gasteiger partial charge in [0.05, 0.1) is 5.75 Å². The zero-order valence-electron chi connectivity index (χ0n) is 8.07. The molecule has 84 valence electrons. The number of hydrogen-bond donors (Lipinski definition) is 1. The van der Waals surface area contributed by atoms with E-state index in [1.807, 2.05) is 18.2 Å². The Morgan fingerprint density at radius 3 is 2.53 bits per heavy atom. The summed E-state index contributed by atoms with van der Waals surface area (Å²) in [5, 5.41) is 0. The van der Waals surface area contributed by atoms with E-state index in [1.165, 1.54) is 6.26 Å². The topological polar surface area (TPSA) is 60.2 Å². The SMILES string of the molecule is CS(=O)(=O)CC(N)c1cc(Br)ccc1Br. The highest BCUT2D eigenvalue weighted by Crippen LogP contribution is 2.26. The maximum Gasteiger partial charge on any atom is 0.149 e.